The monoisotopic (exact) mass is 421 g/mol. The molecule has 2 atom stereocenters. The summed E-state index contributed by atoms with van der Waals surface area (Å²) in [4.78, 5) is 27.2. The third kappa shape index (κ3) is 5.49. The highest BCUT2D eigenvalue weighted by molar-refractivity contribution is 5.97. The molecule has 2 heterocycles. The number of aliphatic hydroxyl groups excluding tert-OH is 1. The maximum atomic E-state index is 14.5. The molecule has 30 heavy (non-hydrogen) atoms. The molecular formula is C22H32FN3O4. The highest BCUT2D eigenvalue weighted by atomic mass is 19.1. The molecule has 1 aromatic rings. The summed E-state index contributed by atoms with van der Waals surface area (Å²) < 4.78 is 19.9. The third-order valence-corrected chi connectivity index (χ3v) is 5.79. The molecule has 1 aromatic carbocycles. The second-order valence-electron chi connectivity index (χ2n) is 9.20. The van der Waals surface area contributed by atoms with Crippen molar-refractivity contribution in [2.24, 2.45) is 5.92 Å². The predicted octanol–water partition coefficient (Wildman–Crippen LogP) is 2.63. The molecule has 166 valence electrons. The van der Waals surface area contributed by atoms with Crippen molar-refractivity contribution in [1.82, 2.24) is 10.2 Å². The highest BCUT2D eigenvalue weighted by Crippen LogP contribution is 2.27. The summed E-state index contributed by atoms with van der Waals surface area (Å²) in [5.41, 5.74) is 0.585. The second-order valence-corrected chi connectivity index (χ2v) is 9.20. The molecule has 0 spiro atoms. The molecule has 2 aliphatic rings. The second kappa shape index (κ2) is 9.31. The molecule has 2 fully saturated rings. The number of anilines is 1. The number of benzene rings is 1. The van der Waals surface area contributed by atoms with E-state index in [9.17, 15) is 19.1 Å². The van der Waals surface area contributed by atoms with E-state index < -0.39 is 12.1 Å². The fraction of sp³-hybridized carbons (Fsp3) is 0.636. The number of ether oxygens (including phenoxy) is 1. The lowest BCUT2D eigenvalue weighted by atomic mass is 9.86. The first kappa shape index (κ1) is 22.5. The van der Waals surface area contributed by atoms with Crippen molar-refractivity contribution >= 4 is 17.6 Å². The zero-order valence-corrected chi connectivity index (χ0v) is 17.9. The van der Waals surface area contributed by atoms with Crippen LogP contribution in [-0.2, 0) is 14.9 Å². The van der Waals surface area contributed by atoms with Crippen LogP contribution in [0.4, 0.5) is 14.9 Å². The number of hydrogen-bond donors (Lipinski definition) is 3. The van der Waals surface area contributed by atoms with E-state index in [1.165, 1.54) is 11.0 Å². The van der Waals surface area contributed by atoms with Crippen molar-refractivity contribution in [3.63, 3.8) is 0 Å². The summed E-state index contributed by atoms with van der Waals surface area (Å²) in [5.74, 6) is -0.829. The van der Waals surface area contributed by atoms with E-state index >= 15 is 0 Å². The van der Waals surface area contributed by atoms with Crippen LogP contribution in [0.25, 0.3) is 0 Å². The average Bonchev–Trinajstić information content (AvgIpc) is 3.12. The Labute approximate surface area is 177 Å². The van der Waals surface area contributed by atoms with E-state index in [2.05, 4.69) is 10.6 Å². The van der Waals surface area contributed by atoms with Gasteiger partial charge in [0, 0.05) is 32.0 Å². The topological polar surface area (TPSA) is 90.9 Å². The Morgan fingerprint density at radius 3 is 2.50 bits per heavy atom. The predicted molar refractivity (Wildman–Crippen MR) is 112 cm³/mol. The fourth-order valence-corrected chi connectivity index (χ4v) is 4.02. The van der Waals surface area contributed by atoms with Gasteiger partial charge in [-0.2, -0.15) is 0 Å². The Morgan fingerprint density at radius 2 is 1.93 bits per heavy atom. The molecule has 3 rings (SSSR count). The van der Waals surface area contributed by atoms with Gasteiger partial charge < -0.3 is 25.4 Å². The minimum Gasteiger partial charge on any atom is -0.391 e. The molecule has 2 saturated heterocycles. The van der Waals surface area contributed by atoms with Gasteiger partial charge >= 0.3 is 6.03 Å². The van der Waals surface area contributed by atoms with Gasteiger partial charge in [-0.05, 0) is 48.3 Å². The maximum absolute atomic E-state index is 14.5. The summed E-state index contributed by atoms with van der Waals surface area (Å²) in [6.45, 7) is 7.55. The van der Waals surface area contributed by atoms with Gasteiger partial charge in [-0.25, -0.2) is 9.18 Å². The number of nitrogens with one attached hydrogen (secondary N) is 2. The van der Waals surface area contributed by atoms with E-state index in [0.717, 1.165) is 0 Å². The Balaban J connectivity index is 1.73. The van der Waals surface area contributed by atoms with Crippen LogP contribution in [-0.4, -0.2) is 60.4 Å². The normalized spacial score (nSPS) is 21.4. The number of rotatable bonds is 4. The van der Waals surface area contributed by atoms with Crippen molar-refractivity contribution < 1.29 is 23.8 Å². The Hall–Kier alpha value is -2.19. The molecule has 8 heteroatoms. The molecule has 2 aliphatic heterocycles. The van der Waals surface area contributed by atoms with Gasteiger partial charge in [-0.3, -0.25) is 4.79 Å². The molecule has 0 bridgehead atoms. The molecule has 0 saturated carbocycles. The Bertz CT molecular complexity index is 774. The first-order valence-electron chi connectivity index (χ1n) is 10.6. The molecule has 0 unspecified atom stereocenters. The first-order chi connectivity index (χ1) is 14.1. The SMILES string of the molecule is CC(C)(C)c1ccc(NC(=O)[C@H](NC(=O)N2CC[C@H](O)C2)C2CCOCC2)cc1F. The summed E-state index contributed by atoms with van der Waals surface area (Å²) in [6.07, 6.45) is 1.30. The number of amides is 3. The van der Waals surface area contributed by atoms with E-state index in [0.29, 0.717) is 50.3 Å². The van der Waals surface area contributed by atoms with Gasteiger partial charge in [0.25, 0.3) is 0 Å². The van der Waals surface area contributed by atoms with Crippen LogP contribution >= 0.6 is 0 Å². The number of hydrogen-bond acceptors (Lipinski definition) is 4. The first-order valence-corrected chi connectivity index (χ1v) is 10.6. The largest absolute Gasteiger partial charge is 0.391 e. The van der Waals surface area contributed by atoms with Crippen LogP contribution in [0.15, 0.2) is 18.2 Å². The van der Waals surface area contributed by atoms with Crippen LogP contribution in [0.3, 0.4) is 0 Å². The standard InChI is InChI=1S/C22H32FN3O4/c1-22(2,3)17-5-4-15(12-18(17)23)24-20(28)19(14-7-10-30-11-8-14)25-21(29)26-9-6-16(27)13-26/h4-5,12,14,16,19,27H,6-11,13H2,1-3H3,(H,24,28)(H,25,29)/t16-,19+/m0/s1. The number of urea groups is 1. The van der Waals surface area contributed by atoms with Crippen LogP contribution in [0, 0.1) is 11.7 Å². The van der Waals surface area contributed by atoms with E-state index in [4.69, 9.17) is 4.74 Å². The molecule has 0 radical (unpaired) electrons. The molecular weight excluding hydrogens is 389 g/mol. The Morgan fingerprint density at radius 1 is 1.23 bits per heavy atom. The van der Waals surface area contributed by atoms with Crippen LogP contribution in [0.1, 0.15) is 45.6 Å². The lowest BCUT2D eigenvalue weighted by Gasteiger charge is -2.31. The van der Waals surface area contributed by atoms with E-state index in [1.54, 1.807) is 12.1 Å². The van der Waals surface area contributed by atoms with Gasteiger partial charge in [0.1, 0.15) is 11.9 Å². The molecule has 7 nitrogen and oxygen atoms in total. The maximum Gasteiger partial charge on any atom is 0.318 e. The minimum absolute atomic E-state index is 0.0751. The molecule has 0 aliphatic carbocycles. The molecule has 3 amide bonds. The fourth-order valence-electron chi connectivity index (χ4n) is 4.02. The van der Waals surface area contributed by atoms with Crippen LogP contribution in [0.2, 0.25) is 0 Å². The smallest absolute Gasteiger partial charge is 0.318 e. The molecule has 0 aromatic heterocycles. The lowest BCUT2D eigenvalue weighted by molar-refractivity contribution is -0.120. The molecule has 3 N–H and O–H groups in total. The number of nitrogens with zero attached hydrogens (tertiary/aromatic N) is 1. The summed E-state index contributed by atoms with van der Waals surface area (Å²) in [6, 6.07) is 3.55. The number of β-amino-alcohol motifs (C(OH)–C–C–N with tert-alkyl or cyclic N) is 1. The third-order valence-electron chi connectivity index (χ3n) is 5.79. The summed E-state index contributed by atoms with van der Waals surface area (Å²) in [5, 5.41) is 15.3. The van der Waals surface area contributed by atoms with Crippen molar-refractivity contribution in [3.05, 3.63) is 29.6 Å². The van der Waals surface area contributed by atoms with Crippen molar-refractivity contribution in [3.8, 4) is 0 Å². The average molecular weight is 422 g/mol. The van der Waals surface area contributed by atoms with Gasteiger partial charge in [-0.15, -0.1) is 0 Å². The van der Waals surface area contributed by atoms with E-state index in [1.807, 2.05) is 20.8 Å². The highest BCUT2D eigenvalue weighted by Gasteiger charge is 2.34. The lowest BCUT2D eigenvalue weighted by Crippen LogP contribution is -2.53. The zero-order chi connectivity index (χ0) is 21.9. The number of carbonyl (C=O) groups excluding carboxylic acids is 2. The number of aliphatic hydroxyl groups is 1. The number of carbonyl (C=O) groups is 2. The van der Waals surface area contributed by atoms with Crippen molar-refractivity contribution in [2.45, 2.75) is 57.6 Å². The number of likely N-dealkylation sites (tertiary alicyclic amines) is 1. The van der Waals surface area contributed by atoms with Crippen molar-refractivity contribution in [1.29, 1.82) is 0 Å². The summed E-state index contributed by atoms with van der Waals surface area (Å²) in [7, 11) is 0. The van der Waals surface area contributed by atoms with Crippen LogP contribution in [0.5, 0.6) is 0 Å². The van der Waals surface area contributed by atoms with Gasteiger partial charge in [0.15, 0.2) is 0 Å². The van der Waals surface area contributed by atoms with E-state index in [-0.39, 0.29) is 35.6 Å². The van der Waals surface area contributed by atoms with Crippen molar-refractivity contribution in [2.75, 3.05) is 31.6 Å². The van der Waals surface area contributed by atoms with Gasteiger partial charge in [0.2, 0.25) is 5.91 Å². The zero-order valence-electron chi connectivity index (χ0n) is 17.9. The number of halogens is 1. The van der Waals surface area contributed by atoms with Gasteiger partial charge in [-0.1, -0.05) is 26.8 Å². The Kier molecular flexibility index (Phi) is 6.98. The summed E-state index contributed by atoms with van der Waals surface area (Å²) >= 11 is 0. The van der Waals surface area contributed by atoms with Gasteiger partial charge in [0.05, 0.1) is 6.10 Å². The minimum atomic E-state index is -0.760. The quantitative estimate of drug-likeness (QED) is 0.697. The van der Waals surface area contributed by atoms with Crippen LogP contribution < -0.4 is 10.6 Å².